The molecule has 1 heterocycles. The van der Waals surface area contributed by atoms with Crippen LogP contribution in [-0.4, -0.2) is 57.5 Å². The number of ether oxygens (including phenoxy) is 1. The Balaban J connectivity index is 1.46. The van der Waals surface area contributed by atoms with Gasteiger partial charge < -0.3 is 4.74 Å². The first kappa shape index (κ1) is 20.6. The van der Waals surface area contributed by atoms with Crippen molar-refractivity contribution < 1.29 is 13.2 Å². The lowest BCUT2D eigenvalue weighted by atomic mass is 10.1. The average molecular weight is 423 g/mol. The molecule has 1 saturated heterocycles. The summed E-state index contributed by atoms with van der Waals surface area (Å²) in [6, 6.07) is 21.1. The third-order valence-corrected chi connectivity index (χ3v) is 7.44. The molecular weight excluding hydrogens is 396 g/mol. The van der Waals surface area contributed by atoms with Crippen LogP contribution in [0.1, 0.15) is 5.56 Å². The van der Waals surface area contributed by atoms with E-state index in [-0.39, 0.29) is 0 Å². The third kappa shape index (κ3) is 4.26. The molecular formula is C24H26N2O3S. The number of nitrogens with zero attached hydrogens (tertiary/aromatic N) is 2. The van der Waals surface area contributed by atoms with Crippen LogP contribution in [0.3, 0.4) is 0 Å². The minimum Gasteiger partial charge on any atom is -0.496 e. The fraction of sp³-hybridized carbons (Fsp3) is 0.250. The van der Waals surface area contributed by atoms with E-state index in [4.69, 9.17) is 4.74 Å². The Hall–Kier alpha value is -2.67. The van der Waals surface area contributed by atoms with Gasteiger partial charge >= 0.3 is 0 Å². The fourth-order valence-corrected chi connectivity index (χ4v) is 5.46. The van der Waals surface area contributed by atoms with Crippen molar-refractivity contribution in [3.05, 3.63) is 78.4 Å². The van der Waals surface area contributed by atoms with Gasteiger partial charge in [-0.2, -0.15) is 4.31 Å². The standard InChI is InChI=1S/C24H26N2O3S/c1-29-23-13-14-24(22-12-6-5-11-21(22)23)30(27,28)26-18-16-25(17-19-26)15-7-10-20-8-3-2-4-9-20/h2-14H,15-19H2,1H3. The molecule has 1 aliphatic rings. The minimum atomic E-state index is -3.57. The van der Waals surface area contributed by atoms with E-state index in [0.29, 0.717) is 42.2 Å². The summed E-state index contributed by atoms with van der Waals surface area (Å²) in [6.07, 6.45) is 4.24. The maximum Gasteiger partial charge on any atom is 0.243 e. The largest absolute Gasteiger partial charge is 0.496 e. The number of hydrogen-bond acceptors (Lipinski definition) is 4. The molecule has 0 atom stereocenters. The molecule has 6 heteroatoms. The lowest BCUT2D eigenvalue weighted by Crippen LogP contribution is -2.48. The zero-order chi connectivity index (χ0) is 21.0. The Morgan fingerprint density at radius 1 is 0.867 bits per heavy atom. The highest BCUT2D eigenvalue weighted by Crippen LogP contribution is 2.32. The molecule has 0 saturated carbocycles. The van der Waals surface area contributed by atoms with Gasteiger partial charge in [-0.1, -0.05) is 66.7 Å². The van der Waals surface area contributed by atoms with E-state index in [1.165, 1.54) is 5.56 Å². The summed E-state index contributed by atoms with van der Waals surface area (Å²) in [5, 5.41) is 1.51. The van der Waals surface area contributed by atoms with Crippen molar-refractivity contribution in [3.8, 4) is 5.75 Å². The summed E-state index contributed by atoms with van der Waals surface area (Å²) in [6.45, 7) is 3.22. The van der Waals surface area contributed by atoms with Gasteiger partial charge in [-0.25, -0.2) is 8.42 Å². The molecule has 0 N–H and O–H groups in total. The maximum absolute atomic E-state index is 13.4. The zero-order valence-electron chi connectivity index (χ0n) is 17.1. The summed E-state index contributed by atoms with van der Waals surface area (Å²) < 4.78 is 33.7. The van der Waals surface area contributed by atoms with E-state index in [0.717, 1.165) is 11.9 Å². The predicted molar refractivity (Wildman–Crippen MR) is 121 cm³/mol. The molecule has 3 aromatic rings. The van der Waals surface area contributed by atoms with Crippen molar-refractivity contribution in [2.45, 2.75) is 4.90 Å². The zero-order valence-corrected chi connectivity index (χ0v) is 17.9. The van der Waals surface area contributed by atoms with Crippen LogP contribution in [0.25, 0.3) is 16.8 Å². The quantitative estimate of drug-likeness (QED) is 0.605. The topological polar surface area (TPSA) is 49.9 Å². The fourth-order valence-electron chi connectivity index (χ4n) is 3.84. The smallest absolute Gasteiger partial charge is 0.243 e. The molecule has 0 aromatic heterocycles. The Kier molecular flexibility index (Phi) is 6.18. The number of methoxy groups -OCH3 is 1. The number of piperazine rings is 1. The van der Waals surface area contributed by atoms with Gasteiger partial charge in [0, 0.05) is 43.5 Å². The Morgan fingerprint density at radius 2 is 1.53 bits per heavy atom. The average Bonchev–Trinajstić information content (AvgIpc) is 2.79. The lowest BCUT2D eigenvalue weighted by Gasteiger charge is -2.33. The Morgan fingerprint density at radius 3 is 2.23 bits per heavy atom. The Bertz CT molecular complexity index is 1140. The van der Waals surface area contributed by atoms with E-state index >= 15 is 0 Å². The van der Waals surface area contributed by atoms with Crippen molar-refractivity contribution in [1.82, 2.24) is 9.21 Å². The van der Waals surface area contributed by atoms with Gasteiger partial charge in [0.25, 0.3) is 0 Å². The molecule has 5 nitrogen and oxygen atoms in total. The molecule has 156 valence electrons. The van der Waals surface area contributed by atoms with Gasteiger partial charge in [0.1, 0.15) is 5.75 Å². The molecule has 0 spiro atoms. The maximum atomic E-state index is 13.4. The highest BCUT2D eigenvalue weighted by molar-refractivity contribution is 7.89. The summed E-state index contributed by atoms with van der Waals surface area (Å²) in [5.41, 5.74) is 1.17. The van der Waals surface area contributed by atoms with Gasteiger partial charge in [-0.15, -0.1) is 0 Å². The monoisotopic (exact) mass is 422 g/mol. The van der Waals surface area contributed by atoms with Crippen LogP contribution >= 0.6 is 0 Å². The molecule has 0 bridgehead atoms. The number of rotatable bonds is 6. The SMILES string of the molecule is COc1ccc(S(=O)(=O)N2CCN(CC=Cc3ccccc3)CC2)c2ccccc12. The molecule has 0 aliphatic carbocycles. The Labute approximate surface area is 178 Å². The molecule has 0 unspecified atom stereocenters. The van der Waals surface area contributed by atoms with Crippen molar-refractivity contribution in [2.75, 3.05) is 39.8 Å². The second-order valence-electron chi connectivity index (χ2n) is 7.33. The number of benzene rings is 3. The molecule has 1 fully saturated rings. The highest BCUT2D eigenvalue weighted by Gasteiger charge is 2.29. The molecule has 4 rings (SSSR count). The van der Waals surface area contributed by atoms with Crippen LogP contribution in [0.15, 0.2) is 77.7 Å². The van der Waals surface area contributed by atoms with Crippen LogP contribution < -0.4 is 4.74 Å². The van der Waals surface area contributed by atoms with Gasteiger partial charge in [0.05, 0.1) is 12.0 Å². The van der Waals surface area contributed by atoms with Crippen LogP contribution in [-0.2, 0) is 10.0 Å². The first-order valence-electron chi connectivity index (χ1n) is 10.1. The molecule has 30 heavy (non-hydrogen) atoms. The second-order valence-corrected chi connectivity index (χ2v) is 9.24. The summed E-state index contributed by atoms with van der Waals surface area (Å²) in [5.74, 6) is 0.680. The van der Waals surface area contributed by atoms with Crippen molar-refractivity contribution in [1.29, 1.82) is 0 Å². The van der Waals surface area contributed by atoms with Crippen molar-refractivity contribution in [3.63, 3.8) is 0 Å². The minimum absolute atomic E-state index is 0.344. The molecule has 0 radical (unpaired) electrons. The lowest BCUT2D eigenvalue weighted by molar-refractivity contribution is 0.204. The number of hydrogen-bond donors (Lipinski definition) is 0. The third-order valence-electron chi connectivity index (χ3n) is 5.49. The molecule has 1 aliphatic heterocycles. The first-order valence-corrected chi connectivity index (χ1v) is 11.5. The second kappa shape index (κ2) is 9.00. The van der Waals surface area contributed by atoms with Crippen LogP contribution in [0, 0.1) is 0 Å². The van der Waals surface area contributed by atoms with Gasteiger partial charge in [-0.05, 0) is 17.7 Å². The first-order chi connectivity index (χ1) is 14.6. The summed E-state index contributed by atoms with van der Waals surface area (Å²) in [7, 11) is -1.97. The number of sulfonamides is 1. The normalized spacial score (nSPS) is 16.3. The molecule has 3 aromatic carbocycles. The van der Waals surface area contributed by atoms with Crippen LogP contribution in [0.5, 0.6) is 5.75 Å². The van der Waals surface area contributed by atoms with Crippen LogP contribution in [0.4, 0.5) is 0 Å². The van der Waals surface area contributed by atoms with Gasteiger partial charge in [0.15, 0.2) is 0 Å². The van der Waals surface area contributed by atoms with E-state index in [2.05, 4.69) is 29.2 Å². The summed E-state index contributed by atoms with van der Waals surface area (Å²) in [4.78, 5) is 2.62. The van der Waals surface area contributed by atoms with E-state index < -0.39 is 10.0 Å². The van der Waals surface area contributed by atoms with Gasteiger partial charge in [0.2, 0.25) is 10.0 Å². The van der Waals surface area contributed by atoms with Crippen molar-refractivity contribution in [2.24, 2.45) is 0 Å². The van der Waals surface area contributed by atoms with E-state index in [9.17, 15) is 8.42 Å². The van der Waals surface area contributed by atoms with E-state index in [1.54, 1.807) is 23.5 Å². The van der Waals surface area contributed by atoms with E-state index in [1.807, 2.05) is 42.5 Å². The highest BCUT2D eigenvalue weighted by atomic mass is 32.2. The summed E-state index contributed by atoms with van der Waals surface area (Å²) >= 11 is 0. The predicted octanol–water partition coefficient (Wildman–Crippen LogP) is 3.87. The molecule has 0 amide bonds. The van der Waals surface area contributed by atoms with Crippen molar-refractivity contribution >= 4 is 26.9 Å². The number of fused-ring (bicyclic) bond motifs is 1. The van der Waals surface area contributed by atoms with Crippen LogP contribution in [0.2, 0.25) is 0 Å². The van der Waals surface area contributed by atoms with Gasteiger partial charge in [-0.3, -0.25) is 4.90 Å².